The predicted octanol–water partition coefficient (Wildman–Crippen LogP) is 3.52. The summed E-state index contributed by atoms with van der Waals surface area (Å²) in [5, 5.41) is 23.2. The maximum absolute atomic E-state index is 13.3. The van der Waals surface area contributed by atoms with Gasteiger partial charge >= 0.3 is 5.97 Å². The van der Waals surface area contributed by atoms with Crippen LogP contribution in [0.2, 0.25) is 0 Å². The largest absolute Gasteiger partial charge is 0.457 e. The van der Waals surface area contributed by atoms with Crippen LogP contribution in [0.5, 0.6) is 0 Å². The SMILES string of the molecule is C[C@@]12CCC(=O)C=C1CC[C@H]1[C@H]2[C@@H](O)C[C@]2(C)[C@@H]1CC[C@@]2(O)C(=O)COC(=O)C1CCCC1. The Balaban J connectivity index is 1.36. The molecule has 0 heterocycles. The van der Waals surface area contributed by atoms with Gasteiger partial charge in [0, 0.05) is 11.8 Å². The molecule has 2 N–H and O–H groups in total. The number of hydrogen-bond donors (Lipinski definition) is 2. The fourth-order valence-corrected chi connectivity index (χ4v) is 8.69. The van der Waals surface area contributed by atoms with Crippen molar-refractivity contribution < 1.29 is 29.3 Å². The van der Waals surface area contributed by atoms with Crippen LogP contribution in [0.1, 0.15) is 84.5 Å². The molecule has 0 aromatic carbocycles. The summed E-state index contributed by atoms with van der Waals surface area (Å²) in [4.78, 5) is 37.7. The number of esters is 1. The highest BCUT2D eigenvalue weighted by atomic mass is 16.5. The zero-order chi connectivity index (χ0) is 23.6. The normalized spacial score (nSPS) is 45.1. The fourth-order valence-electron chi connectivity index (χ4n) is 8.69. The molecule has 182 valence electrons. The van der Waals surface area contributed by atoms with Crippen molar-refractivity contribution in [1.82, 2.24) is 0 Å². The Hall–Kier alpha value is -1.53. The lowest BCUT2D eigenvalue weighted by atomic mass is 9.45. The van der Waals surface area contributed by atoms with Crippen LogP contribution in [0.3, 0.4) is 0 Å². The Morgan fingerprint density at radius 3 is 2.55 bits per heavy atom. The van der Waals surface area contributed by atoms with Gasteiger partial charge in [0.2, 0.25) is 5.78 Å². The molecule has 0 aromatic rings. The van der Waals surface area contributed by atoms with E-state index in [1.54, 1.807) is 0 Å². The van der Waals surface area contributed by atoms with Crippen LogP contribution < -0.4 is 0 Å². The van der Waals surface area contributed by atoms with Crippen molar-refractivity contribution in [3.8, 4) is 0 Å². The number of hydrogen-bond acceptors (Lipinski definition) is 6. The maximum atomic E-state index is 13.3. The Labute approximate surface area is 196 Å². The minimum Gasteiger partial charge on any atom is -0.457 e. The van der Waals surface area contributed by atoms with E-state index in [1.807, 2.05) is 13.0 Å². The molecule has 0 unspecified atom stereocenters. The Morgan fingerprint density at radius 1 is 1.09 bits per heavy atom. The van der Waals surface area contributed by atoms with Gasteiger partial charge in [0.15, 0.2) is 12.4 Å². The molecule has 5 aliphatic carbocycles. The summed E-state index contributed by atoms with van der Waals surface area (Å²) in [6.07, 6.45) is 9.26. The second-order valence-electron chi connectivity index (χ2n) is 12.0. The highest BCUT2D eigenvalue weighted by molar-refractivity contribution is 5.92. The van der Waals surface area contributed by atoms with Gasteiger partial charge in [-0.1, -0.05) is 32.3 Å². The number of Topliss-reactive ketones (excluding diaryl/α,β-unsaturated/α-hetero) is 1. The molecule has 0 spiro atoms. The maximum Gasteiger partial charge on any atom is 0.309 e. The van der Waals surface area contributed by atoms with Gasteiger partial charge in [-0.3, -0.25) is 14.4 Å². The summed E-state index contributed by atoms with van der Waals surface area (Å²) in [7, 11) is 0. The van der Waals surface area contributed by atoms with Gasteiger partial charge in [-0.15, -0.1) is 0 Å². The van der Waals surface area contributed by atoms with E-state index in [2.05, 4.69) is 6.92 Å². The van der Waals surface area contributed by atoms with Crippen molar-refractivity contribution >= 4 is 17.5 Å². The Bertz CT molecular complexity index is 887. The number of carbonyl (C=O) groups excluding carboxylic acids is 3. The van der Waals surface area contributed by atoms with E-state index in [1.165, 1.54) is 5.57 Å². The van der Waals surface area contributed by atoms with Crippen LogP contribution in [0.15, 0.2) is 11.6 Å². The second kappa shape index (κ2) is 8.01. The fraction of sp³-hybridized carbons (Fsp3) is 0.815. The molecule has 6 nitrogen and oxygen atoms in total. The van der Waals surface area contributed by atoms with E-state index < -0.39 is 22.9 Å². The average Bonchev–Trinajstić information content (AvgIpc) is 3.39. The first-order valence-corrected chi connectivity index (χ1v) is 12.9. The van der Waals surface area contributed by atoms with E-state index in [0.717, 1.165) is 51.4 Å². The van der Waals surface area contributed by atoms with Gasteiger partial charge in [-0.25, -0.2) is 0 Å². The summed E-state index contributed by atoms with van der Waals surface area (Å²) in [5.74, 6) is -0.303. The molecule has 5 rings (SSSR count). The van der Waals surface area contributed by atoms with Crippen LogP contribution >= 0.6 is 0 Å². The number of allylic oxidation sites excluding steroid dienone is 1. The van der Waals surface area contributed by atoms with Crippen molar-refractivity contribution in [3.05, 3.63) is 11.6 Å². The molecule has 4 fully saturated rings. The predicted molar refractivity (Wildman–Crippen MR) is 121 cm³/mol. The van der Waals surface area contributed by atoms with Gasteiger partial charge in [0.05, 0.1) is 12.0 Å². The second-order valence-corrected chi connectivity index (χ2v) is 12.0. The van der Waals surface area contributed by atoms with Crippen molar-refractivity contribution in [2.75, 3.05) is 6.61 Å². The van der Waals surface area contributed by atoms with E-state index in [-0.39, 0.29) is 47.4 Å². The quantitative estimate of drug-likeness (QED) is 0.625. The van der Waals surface area contributed by atoms with Crippen LogP contribution in [-0.4, -0.2) is 46.1 Å². The number of aliphatic hydroxyl groups is 2. The number of ether oxygens (including phenoxy) is 1. The third kappa shape index (κ3) is 3.38. The molecule has 0 aromatic heterocycles. The molecule has 0 radical (unpaired) electrons. The number of carbonyl (C=O) groups is 3. The van der Waals surface area contributed by atoms with Gasteiger partial charge in [-0.05, 0) is 80.6 Å². The van der Waals surface area contributed by atoms with Crippen LogP contribution in [0.25, 0.3) is 0 Å². The van der Waals surface area contributed by atoms with Crippen molar-refractivity contribution in [2.45, 2.75) is 96.2 Å². The van der Waals surface area contributed by atoms with Crippen molar-refractivity contribution in [2.24, 2.45) is 34.5 Å². The smallest absolute Gasteiger partial charge is 0.309 e. The first-order chi connectivity index (χ1) is 15.6. The highest BCUT2D eigenvalue weighted by Gasteiger charge is 2.68. The van der Waals surface area contributed by atoms with Crippen molar-refractivity contribution in [3.63, 3.8) is 0 Å². The van der Waals surface area contributed by atoms with Crippen molar-refractivity contribution in [1.29, 1.82) is 0 Å². The zero-order valence-corrected chi connectivity index (χ0v) is 20.0. The molecule has 0 saturated heterocycles. The van der Waals surface area contributed by atoms with Gasteiger partial charge in [0.1, 0.15) is 5.60 Å². The van der Waals surface area contributed by atoms with Crippen LogP contribution in [0.4, 0.5) is 0 Å². The molecule has 7 atom stereocenters. The average molecular weight is 459 g/mol. The van der Waals surface area contributed by atoms with Crippen LogP contribution in [-0.2, 0) is 19.1 Å². The number of aliphatic hydroxyl groups excluding tert-OH is 1. The first-order valence-electron chi connectivity index (χ1n) is 12.9. The van der Waals surface area contributed by atoms with Crippen LogP contribution in [0, 0.1) is 34.5 Å². The molecule has 5 aliphatic rings. The minimum absolute atomic E-state index is 0.0429. The molecule has 33 heavy (non-hydrogen) atoms. The molecule has 0 aliphatic heterocycles. The number of ketones is 2. The van der Waals surface area contributed by atoms with Gasteiger partial charge in [-0.2, -0.15) is 0 Å². The summed E-state index contributed by atoms with van der Waals surface area (Å²) >= 11 is 0. The van der Waals surface area contributed by atoms with E-state index in [4.69, 9.17) is 4.74 Å². The molecule has 6 heteroatoms. The monoisotopic (exact) mass is 458 g/mol. The lowest BCUT2D eigenvalue weighted by Crippen LogP contribution is -2.62. The lowest BCUT2D eigenvalue weighted by Gasteiger charge is -2.60. The highest BCUT2D eigenvalue weighted by Crippen LogP contribution is 2.67. The summed E-state index contributed by atoms with van der Waals surface area (Å²) < 4.78 is 5.37. The van der Waals surface area contributed by atoms with E-state index in [0.29, 0.717) is 19.3 Å². The third-order valence-corrected chi connectivity index (χ3v) is 10.5. The molecule has 4 saturated carbocycles. The first kappa shape index (κ1) is 23.2. The van der Waals surface area contributed by atoms with Gasteiger partial charge < -0.3 is 14.9 Å². The minimum atomic E-state index is -1.58. The zero-order valence-electron chi connectivity index (χ0n) is 20.0. The summed E-state index contributed by atoms with van der Waals surface area (Å²) in [6, 6.07) is 0. The van der Waals surface area contributed by atoms with Gasteiger partial charge in [0.25, 0.3) is 0 Å². The van der Waals surface area contributed by atoms with E-state index in [9.17, 15) is 24.6 Å². The number of rotatable bonds is 4. The van der Waals surface area contributed by atoms with E-state index >= 15 is 0 Å². The molecular formula is C27H38O6. The molecule has 0 bridgehead atoms. The Kier molecular flexibility index (Phi) is 5.64. The number of fused-ring (bicyclic) bond motifs is 5. The summed E-state index contributed by atoms with van der Waals surface area (Å²) in [5.41, 5.74) is -1.35. The molecule has 0 amide bonds. The third-order valence-electron chi connectivity index (χ3n) is 10.5. The standard InChI is InChI=1S/C27H38O6/c1-25-11-9-18(28)13-17(25)7-8-19-20-10-12-27(32,26(20,2)14-21(29)23(19)25)22(30)15-33-24(31)16-5-3-4-6-16/h13,16,19-21,23,29,32H,3-12,14-15H2,1-2H3/t19-,20-,21+,23+,25-,26-,27-/m1/s1. The topological polar surface area (TPSA) is 101 Å². The summed E-state index contributed by atoms with van der Waals surface area (Å²) in [6.45, 7) is 3.77. The molecular weight excluding hydrogens is 420 g/mol. The lowest BCUT2D eigenvalue weighted by molar-refractivity contribution is -0.185. The Morgan fingerprint density at radius 2 is 1.82 bits per heavy atom.